The molecule has 0 aliphatic heterocycles. The van der Waals surface area contributed by atoms with E-state index in [1.165, 1.54) is 19.3 Å². The van der Waals surface area contributed by atoms with Gasteiger partial charge in [0.2, 0.25) is 0 Å². The fourth-order valence-electron chi connectivity index (χ4n) is 3.02. The van der Waals surface area contributed by atoms with E-state index in [0.717, 1.165) is 17.5 Å². The molecule has 0 bridgehead atoms. The Morgan fingerprint density at radius 3 is 2.59 bits per heavy atom. The molecule has 1 aliphatic carbocycles. The van der Waals surface area contributed by atoms with Gasteiger partial charge in [0.15, 0.2) is 5.78 Å². The van der Waals surface area contributed by atoms with E-state index in [-0.39, 0.29) is 11.3 Å². The van der Waals surface area contributed by atoms with Crippen molar-refractivity contribution in [3.8, 4) is 0 Å². The Hall–Kier alpha value is -1.11. The number of aryl methyl sites for hydroxylation is 1. The van der Waals surface area contributed by atoms with Crippen LogP contribution in [0.3, 0.4) is 0 Å². The maximum atomic E-state index is 12.6. The maximum Gasteiger partial charge on any atom is 0.166 e. The van der Waals surface area contributed by atoms with Gasteiger partial charge >= 0.3 is 0 Å². The third kappa shape index (κ3) is 2.43. The molecule has 0 saturated heterocycles. The molecule has 1 nitrogen and oxygen atoms in total. The number of hydrogen-bond donors (Lipinski definition) is 0. The molecule has 17 heavy (non-hydrogen) atoms. The molecule has 1 aromatic rings. The number of ketones is 1. The van der Waals surface area contributed by atoms with Gasteiger partial charge in [-0.15, -0.1) is 0 Å². The maximum absolute atomic E-state index is 12.6. The van der Waals surface area contributed by atoms with Crippen LogP contribution in [0, 0.1) is 18.3 Å². The first-order valence-corrected chi connectivity index (χ1v) is 6.62. The molecule has 1 atom stereocenters. The molecule has 1 heteroatoms. The minimum atomic E-state index is 0.164. The van der Waals surface area contributed by atoms with Crippen molar-refractivity contribution < 1.29 is 4.79 Å². The average molecular weight is 230 g/mol. The Bertz CT molecular complexity index is 417. The molecule has 0 N–H and O–H groups in total. The van der Waals surface area contributed by atoms with E-state index in [1.54, 1.807) is 0 Å². The van der Waals surface area contributed by atoms with Crippen LogP contribution in [0.1, 0.15) is 55.5 Å². The zero-order valence-electron chi connectivity index (χ0n) is 11.1. The number of carbonyl (C=O) groups excluding carboxylic acids is 1. The van der Waals surface area contributed by atoms with Crippen LogP contribution >= 0.6 is 0 Å². The van der Waals surface area contributed by atoms with Crippen molar-refractivity contribution in [3.63, 3.8) is 0 Å². The summed E-state index contributed by atoms with van der Waals surface area (Å²) in [6.45, 7) is 6.52. The molecule has 0 amide bonds. The third-order valence-corrected chi connectivity index (χ3v) is 4.23. The van der Waals surface area contributed by atoms with Gasteiger partial charge in [0, 0.05) is 11.5 Å². The molecule has 1 saturated carbocycles. The highest BCUT2D eigenvalue weighted by Crippen LogP contribution is 2.42. The van der Waals surface area contributed by atoms with Gasteiger partial charge < -0.3 is 0 Å². The van der Waals surface area contributed by atoms with E-state index in [1.807, 2.05) is 31.2 Å². The summed E-state index contributed by atoms with van der Waals surface area (Å²) in [6, 6.07) is 7.97. The molecule has 0 spiro atoms. The quantitative estimate of drug-likeness (QED) is 0.688. The fourth-order valence-corrected chi connectivity index (χ4v) is 3.02. The summed E-state index contributed by atoms with van der Waals surface area (Å²) in [5.41, 5.74) is 2.20. The highest BCUT2D eigenvalue weighted by Gasteiger charge is 2.37. The van der Waals surface area contributed by atoms with Crippen LogP contribution < -0.4 is 0 Å². The van der Waals surface area contributed by atoms with Crippen LogP contribution in [-0.2, 0) is 0 Å². The lowest BCUT2D eigenvalue weighted by Gasteiger charge is -2.37. The van der Waals surface area contributed by atoms with E-state index in [0.29, 0.717) is 5.78 Å². The molecular formula is C16H22O. The smallest absolute Gasteiger partial charge is 0.166 e. The standard InChI is InChI=1S/C16H22O/c1-12-8-4-5-9-13(12)15(17)14-10-6-7-11-16(14,2)3/h4-5,8-9,14H,6-7,10-11H2,1-3H3. The van der Waals surface area contributed by atoms with Crippen molar-refractivity contribution in [1.82, 2.24) is 0 Å². The third-order valence-electron chi connectivity index (χ3n) is 4.23. The average Bonchev–Trinajstić information content (AvgIpc) is 2.28. The zero-order chi connectivity index (χ0) is 12.5. The van der Waals surface area contributed by atoms with Crippen LogP contribution in [0.25, 0.3) is 0 Å². The fraction of sp³-hybridized carbons (Fsp3) is 0.562. The van der Waals surface area contributed by atoms with Crippen LogP contribution in [0.2, 0.25) is 0 Å². The summed E-state index contributed by atoms with van der Waals surface area (Å²) in [4.78, 5) is 12.6. The van der Waals surface area contributed by atoms with Crippen LogP contribution in [0.5, 0.6) is 0 Å². The van der Waals surface area contributed by atoms with Gasteiger partial charge in [-0.3, -0.25) is 4.79 Å². The molecule has 1 aromatic carbocycles. The Kier molecular flexibility index (Phi) is 3.37. The van der Waals surface area contributed by atoms with Crippen LogP contribution in [-0.4, -0.2) is 5.78 Å². The van der Waals surface area contributed by atoms with Gasteiger partial charge in [0.05, 0.1) is 0 Å². The molecule has 1 aliphatic rings. The van der Waals surface area contributed by atoms with E-state index < -0.39 is 0 Å². The molecule has 1 unspecified atom stereocenters. The number of hydrogen-bond acceptors (Lipinski definition) is 1. The highest BCUT2D eigenvalue weighted by atomic mass is 16.1. The molecule has 1 fully saturated rings. The summed E-state index contributed by atoms with van der Waals surface area (Å²) < 4.78 is 0. The van der Waals surface area contributed by atoms with Crippen LogP contribution in [0.4, 0.5) is 0 Å². The number of Topliss-reactive ketones (excluding diaryl/α,β-unsaturated/α-hetero) is 1. The molecule has 0 radical (unpaired) electrons. The Morgan fingerprint density at radius 2 is 1.94 bits per heavy atom. The topological polar surface area (TPSA) is 17.1 Å². The Balaban J connectivity index is 2.28. The number of carbonyl (C=O) groups is 1. The lowest BCUT2D eigenvalue weighted by Crippen LogP contribution is -2.34. The van der Waals surface area contributed by atoms with Gasteiger partial charge in [-0.05, 0) is 30.7 Å². The van der Waals surface area contributed by atoms with Gasteiger partial charge in [-0.2, -0.15) is 0 Å². The summed E-state index contributed by atoms with van der Waals surface area (Å²) in [5.74, 6) is 0.560. The largest absolute Gasteiger partial charge is 0.294 e. The molecule has 92 valence electrons. The van der Waals surface area contributed by atoms with Crippen molar-refractivity contribution in [2.75, 3.05) is 0 Å². The second-order valence-corrected chi connectivity index (χ2v) is 5.97. The summed E-state index contributed by atoms with van der Waals surface area (Å²) in [7, 11) is 0. The monoisotopic (exact) mass is 230 g/mol. The second-order valence-electron chi connectivity index (χ2n) is 5.97. The number of benzene rings is 1. The summed E-state index contributed by atoms with van der Waals surface area (Å²) in [5, 5.41) is 0. The van der Waals surface area contributed by atoms with E-state index >= 15 is 0 Å². The number of rotatable bonds is 2. The van der Waals surface area contributed by atoms with Crippen molar-refractivity contribution in [1.29, 1.82) is 0 Å². The lowest BCUT2D eigenvalue weighted by molar-refractivity contribution is 0.0697. The molecular weight excluding hydrogens is 208 g/mol. The van der Waals surface area contributed by atoms with Gasteiger partial charge in [0.25, 0.3) is 0 Å². The first-order valence-electron chi connectivity index (χ1n) is 6.62. The van der Waals surface area contributed by atoms with E-state index in [2.05, 4.69) is 13.8 Å². The molecule has 2 rings (SSSR count). The zero-order valence-corrected chi connectivity index (χ0v) is 11.1. The molecule has 0 heterocycles. The van der Waals surface area contributed by atoms with Crippen molar-refractivity contribution in [2.24, 2.45) is 11.3 Å². The van der Waals surface area contributed by atoms with Crippen molar-refractivity contribution in [3.05, 3.63) is 35.4 Å². The first kappa shape index (κ1) is 12.3. The van der Waals surface area contributed by atoms with Gasteiger partial charge in [-0.25, -0.2) is 0 Å². The minimum absolute atomic E-state index is 0.164. The van der Waals surface area contributed by atoms with Crippen LogP contribution in [0.15, 0.2) is 24.3 Å². The van der Waals surface area contributed by atoms with Gasteiger partial charge in [0.1, 0.15) is 0 Å². The first-order chi connectivity index (χ1) is 8.02. The van der Waals surface area contributed by atoms with Gasteiger partial charge in [-0.1, -0.05) is 51.0 Å². The van der Waals surface area contributed by atoms with Crippen molar-refractivity contribution in [2.45, 2.75) is 46.5 Å². The summed E-state index contributed by atoms with van der Waals surface area (Å²) >= 11 is 0. The Labute approximate surface area is 104 Å². The van der Waals surface area contributed by atoms with E-state index in [4.69, 9.17) is 0 Å². The van der Waals surface area contributed by atoms with E-state index in [9.17, 15) is 4.79 Å². The SMILES string of the molecule is Cc1ccccc1C(=O)C1CCCCC1(C)C. The highest BCUT2D eigenvalue weighted by molar-refractivity contribution is 5.99. The Morgan fingerprint density at radius 1 is 1.24 bits per heavy atom. The predicted molar refractivity (Wildman–Crippen MR) is 71.2 cm³/mol. The minimum Gasteiger partial charge on any atom is -0.294 e. The van der Waals surface area contributed by atoms with Crippen molar-refractivity contribution >= 4 is 5.78 Å². The predicted octanol–water partition coefficient (Wildman–Crippen LogP) is 4.39. The lowest BCUT2D eigenvalue weighted by atomic mass is 9.66. The normalized spacial score (nSPS) is 23.4. The summed E-state index contributed by atoms with van der Waals surface area (Å²) in [6.07, 6.45) is 4.70. The second kappa shape index (κ2) is 4.64. The molecule has 0 aromatic heterocycles.